The topological polar surface area (TPSA) is 146 Å². The Balaban J connectivity index is 1.71. The number of primary amides is 1. The third kappa shape index (κ3) is 5.30. The van der Waals surface area contributed by atoms with Crippen LogP contribution in [0.1, 0.15) is 20.8 Å². The van der Waals surface area contributed by atoms with Crippen molar-refractivity contribution in [3.05, 3.63) is 88.3 Å². The molecular weight excluding hydrogens is 374 g/mol. The zero-order valence-electron chi connectivity index (χ0n) is 15.1. The highest BCUT2D eigenvalue weighted by Crippen LogP contribution is 2.18. The normalized spacial score (nSPS) is 10.1. The monoisotopic (exact) mass is 391 g/mol. The number of nitrogens with two attached hydrogens (primary N) is 1. The van der Waals surface area contributed by atoms with Gasteiger partial charge in [0.1, 0.15) is 5.69 Å². The number of benzene rings is 2. The molecule has 29 heavy (non-hydrogen) atoms. The molecule has 1 heterocycles. The summed E-state index contributed by atoms with van der Waals surface area (Å²) >= 11 is 0. The smallest absolute Gasteiger partial charge is 0.316 e. The van der Waals surface area contributed by atoms with Gasteiger partial charge >= 0.3 is 6.03 Å². The van der Waals surface area contributed by atoms with Gasteiger partial charge < -0.3 is 26.7 Å². The van der Waals surface area contributed by atoms with Crippen LogP contribution in [-0.2, 0) is 0 Å². The van der Waals surface area contributed by atoms with Gasteiger partial charge in [0.2, 0.25) is 5.56 Å². The van der Waals surface area contributed by atoms with Gasteiger partial charge in [0.05, 0.1) is 0 Å². The molecule has 146 valence electrons. The van der Waals surface area contributed by atoms with Crippen LogP contribution in [0.25, 0.3) is 0 Å². The van der Waals surface area contributed by atoms with Crippen LogP contribution in [-0.4, -0.2) is 22.8 Å². The van der Waals surface area contributed by atoms with E-state index < -0.39 is 17.8 Å². The Kier molecular flexibility index (Phi) is 5.69. The van der Waals surface area contributed by atoms with Gasteiger partial charge in [-0.3, -0.25) is 14.4 Å². The molecule has 0 saturated heterocycles. The number of aromatic nitrogens is 1. The maximum absolute atomic E-state index is 12.5. The van der Waals surface area contributed by atoms with E-state index in [1.807, 2.05) is 0 Å². The van der Waals surface area contributed by atoms with Crippen molar-refractivity contribution in [3.8, 4) is 0 Å². The molecule has 0 unspecified atom stereocenters. The first-order valence-electron chi connectivity index (χ1n) is 8.49. The Hall–Kier alpha value is -4.40. The fourth-order valence-electron chi connectivity index (χ4n) is 2.54. The molecule has 0 atom stereocenters. The number of aromatic amines is 1. The summed E-state index contributed by atoms with van der Waals surface area (Å²) in [6, 6.07) is 16.3. The fourth-order valence-corrected chi connectivity index (χ4v) is 2.54. The third-order valence-electron chi connectivity index (χ3n) is 3.78. The summed E-state index contributed by atoms with van der Waals surface area (Å²) in [4.78, 5) is 49.4. The van der Waals surface area contributed by atoms with Crippen LogP contribution < -0.4 is 27.2 Å². The molecule has 1 aromatic heterocycles. The minimum absolute atomic E-state index is 0.116. The van der Waals surface area contributed by atoms with E-state index in [1.165, 1.54) is 24.3 Å². The van der Waals surface area contributed by atoms with E-state index in [1.54, 1.807) is 42.5 Å². The SMILES string of the molecule is NC(=O)Nc1cccc(C(=O)Nc2cccc(NC(=O)c3cccc(=O)[nH]3)c2)c1. The molecule has 0 radical (unpaired) electrons. The number of anilines is 3. The summed E-state index contributed by atoms with van der Waals surface area (Å²) < 4.78 is 0. The first-order valence-corrected chi connectivity index (χ1v) is 8.49. The number of rotatable bonds is 5. The fraction of sp³-hybridized carbons (Fsp3) is 0. The van der Waals surface area contributed by atoms with Gasteiger partial charge in [-0.05, 0) is 42.5 Å². The number of urea groups is 1. The number of H-pyrrole nitrogens is 1. The first kappa shape index (κ1) is 19.4. The maximum Gasteiger partial charge on any atom is 0.316 e. The Morgan fingerprint density at radius 2 is 1.31 bits per heavy atom. The van der Waals surface area contributed by atoms with E-state index in [4.69, 9.17) is 5.73 Å². The van der Waals surface area contributed by atoms with Crippen molar-refractivity contribution in [1.82, 2.24) is 4.98 Å². The van der Waals surface area contributed by atoms with Gasteiger partial charge in [0.15, 0.2) is 0 Å². The maximum atomic E-state index is 12.5. The summed E-state index contributed by atoms with van der Waals surface area (Å²) in [7, 11) is 0. The van der Waals surface area contributed by atoms with Gasteiger partial charge in [-0.2, -0.15) is 0 Å². The van der Waals surface area contributed by atoms with Crippen LogP contribution in [0.5, 0.6) is 0 Å². The second-order valence-electron chi connectivity index (χ2n) is 5.99. The molecule has 0 spiro atoms. The van der Waals surface area contributed by atoms with Crippen LogP contribution in [0.15, 0.2) is 71.5 Å². The molecule has 3 rings (SSSR count). The van der Waals surface area contributed by atoms with E-state index in [0.29, 0.717) is 22.6 Å². The van der Waals surface area contributed by atoms with Gasteiger partial charge in [0.25, 0.3) is 11.8 Å². The standard InChI is InChI=1S/C20H17N5O4/c21-20(29)24-13-5-1-4-12(10-13)18(27)22-14-6-2-7-15(11-14)23-19(28)16-8-3-9-17(26)25-16/h1-11H,(H,22,27)(H,23,28)(H,25,26)(H3,21,24,29). The Labute approximate surface area is 164 Å². The average molecular weight is 391 g/mol. The van der Waals surface area contributed by atoms with Crippen molar-refractivity contribution in [2.24, 2.45) is 5.73 Å². The second-order valence-corrected chi connectivity index (χ2v) is 5.99. The second kappa shape index (κ2) is 8.53. The van der Waals surface area contributed by atoms with Gasteiger partial charge in [-0.1, -0.05) is 18.2 Å². The lowest BCUT2D eigenvalue weighted by molar-refractivity contribution is 0.101. The molecule has 0 aliphatic carbocycles. The number of hydrogen-bond acceptors (Lipinski definition) is 4. The van der Waals surface area contributed by atoms with E-state index in [0.717, 1.165) is 0 Å². The van der Waals surface area contributed by atoms with Gasteiger partial charge in [0, 0.05) is 28.7 Å². The molecule has 0 bridgehead atoms. The molecule has 9 nitrogen and oxygen atoms in total. The van der Waals surface area contributed by atoms with Gasteiger partial charge in [-0.25, -0.2) is 4.79 Å². The largest absolute Gasteiger partial charge is 0.351 e. The molecule has 9 heteroatoms. The van der Waals surface area contributed by atoms with Crippen LogP contribution in [0.3, 0.4) is 0 Å². The number of amides is 4. The molecule has 4 amide bonds. The Bertz CT molecular complexity index is 1140. The number of carbonyl (C=O) groups excluding carboxylic acids is 3. The highest BCUT2D eigenvalue weighted by atomic mass is 16.2. The van der Waals surface area contributed by atoms with Crippen molar-refractivity contribution >= 4 is 34.9 Å². The first-order chi connectivity index (χ1) is 13.9. The van der Waals surface area contributed by atoms with Crippen LogP contribution in [0.4, 0.5) is 21.9 Å². The summed E-state index contributed by atoms with van der Waals surface area (Å²) in [5.74, 6) is -0.898. The number of carbonyl (C=O) groups is 3. The molecule has 0 aliphatic heterocycles. The molecule has 3 aromatic rings. The van der Waals surface area contributed by atoms with Crippen molar-refractivity contribution in [3.63, 3.8) is 0 Å². The minimum Gasteiger partial charge on any atom is -0.351 e. The lowest BCUT2D eigenvalue weighted by Crippen LogP contribution is -2.20. The van der Waals surface area contributed by atoms with Gasteiger partial charge in [-0.15, -0.1) is 0 Å². The van der Waals surface area contributed by atoms with E-state index in [2.05, 4.69) is 20.9 Å². The molecule has 2 aromatic carbocycles. The minimum atomic E-state index is -0.731. The zero-order valence-corrected chi connectivity index (χ0v) is 15.1. The number of hydrogen-bond donors (Lipinski definition) is 5. The Morgan fingerprint density at radius 3 is 1.97 bits per heavy atom. The third-order valence-corrected chi connectivity index (χ3v) is 3.78. The average Bonchev–Trinajstić information content (AvgIpc) is 2.68. The highest BCUT2D eigenvalue weighted by molar-refractivity contribution is 6.06. The number of nitrogens with one attached hydrogen (secondary N) is 4. The van der Waals surface area contributed by atoms with Crippen molar-refractivity contribution in [2.75, 3.05) is 16.0 Å². The molecule has 0 saturated carbocycles. The summed E-state index contributed by atoms with van der Waals surface area (Å²) in [5, 5.41) is 7.76. The summed E-state index contributed by atoms with van der Waals surface area (Å²) in [6.07, 6.45) is 0. The molecule has 0 fully saturated rings. The van der Waals surface area contributed by atoms with Crippen molar-refractivity contribution in [2.45, 2.75) is 0 Å². The quantitative estimate of drug-likeness (QED) is 0.454. The van der Waals surface area contributed by atoms with Crippen LogP contribution >= 0.6 is 0 Å². The summed E-state index contributed by atoms with van der Waals surface area (Å²) in [5.41, 5.74) is 6.39. The van der Waals surface area contributed by atoms with Crippen molar-refractivity contribution in [1.29, 1.82) is 0 Å². The highest BCUT2D eigenvalue weighted by Gasteiger charge is 2.10. The van der Waals surface area contributed by atoms with E-state index in [-0.39, 0.29) is 11.3 Å². The van der Waals surface area contributed by atoms with E-state index in [9.17, 15) is 19.2 Å². The number of pyridine rings is 1. The van der Waals surface area contributed by atoms with E-state index >= 15 is 0 Å². The van der Waals surface area contributed by atoms with Crippen molar-refractivity contribution < 1.29 is 14.4 Å². The molecule has 6 N–H and O–H groups in total. The van der Waals surface area contributed by atoms with Crippen LogP contribution in [0.2, 0.25) is 0 Å². The summed E-state index contributed by atoms with van der Waals surface area (Å²) in [6.45, 7) is 0. The van der Waals surface area contributed by atoms with Crippen LogP contribution in [0, 0.1) is 0 Å². The molecule has 0 aliphatic rings. The predicted molar refractivity (Wildman–Crippen MR) is 109 cm³/mol. The lowest BCUT2D eigenvalue weighted by atomic mass is 10.1. The lowest BCUT2D eigenvalue weighted by Gasteiger charge is -2.10. The Morgan fingerprint density at radius 1 is 0.724 bits per heavy atom. The predicted octanol–water partition coefficient (Wildman–Crippen LogP) is 2.37. The molecular formula is C20H17N5O4. The zero-order chi connectivity index (χ0) is 20.8.